The van der Waals surface area contributed by atoms with Gasteiger partial charge in [0.2, 0.25) is 0 Å². The number of rotatable bonds is 5. The smallest absolute Gasteiger partial charge is 0.396 e. The van der Waals surface area contributed by atoms with Crippen LogP contribution >= 0.6 is 0 Å². The zero-order valence-electron chi connectivity index (χ0n) is 16.2. The van der Waals surface area contributed by atoms with Crippen molar-refractivity contribution in [3.63, 3.8) is 0 Å². The fourth-order valence-corrected chi connectivity index (χ4v) is 3.99. The van der Waals surface area contributed by atoms with Crippen LogP contribution in [0.4, 0.5) is 24.8 Å². The third-order valence-corrected chi connectivity index (χ3v) is 5.59. The van der Waals surface area contributed by atoms with Crippen LogP contribution < -0.4 is 9.80 Å². The predicted octanol–water partition coefficient (Wildman–Crippen LogP) is 1.30. The number of aliphatic hydroxyl groups excluding tert-OH is 2. The van der Waals surface area contributed by atoms with Crippen LogP contribution in [0.1, 0.15) is 24.0 Å². The van der Waals surface area contributed by atoms with Gasteiger partial charge in [-0.05, 0) is 24.8 Å². The van der Waals surface area contributed by atoms with Crippen LogP contribution in [0.5, 0.6) is 0 Å². The Morgan fingerprint density at radius 1 is 1.14 bits per heavy atom. The fourth-order valence-electron chi connectivity index (χ4n) is 3.99. The highest BCUT2D eigenvalue weighted by Gasteiger charge is 2.38. The van der Waals surface area contributed by atoms with Crippen molar-refractivity contribution in [1.82, 2.24) is 9.88 Å². The van der Waals surface area contributed by atoms with E-state index in [0.717, 1.165) is 18.9 Å². The number of pyridine rings is 1. The topological polar surface area (TPSA) is 86.9 Å². The Morgan fingerprint density at radius 3 is 2.45 bits per heavy atom. The third-order valence-electron chi connectivity index (χ3n) is 5.59. The second-order valence-electron chi connectivity index (χ2n) is 7.53. The Bertz CT molecular complexity index is 745. The first-order valence-electron chi connectivity index (χ1n) is 9.83. The average molecular weight is 413 g/mol. The molecule has 0 aliphatic carbocycles. The molecule has 2 saturated heterocycles. The number of β-amino-alcohol motifs (C(OH)–C–C–N with tert-alkyl or cyclic N) is 1. The number of piperidine rings is 1. The first-order valence-corrected chi connectivity index (χ1v) is 9.83. The van der Waals surface area contributed by atoms with Gasteiger partial charge in [-0.25, -0.2) is 4.98 Å². The molecule has 160 valence electrons. The minimum atomic E-state index is -4.66. The van der Waals surface area contributed by atoms with Crippen LogP contribution in [0.25, 0.3) is 0 Å². The lowest BCUT2D eigenvalue weighted by Gasteiger charge is -2.37. The van der Waals surface area contributed by atoms with Crippen molar-refractivity contribution >= 4 is 11.6 Å². The fraction of sp³-hybridized carbons (Fsp3) is 0.684. The van der Waals surface area contributed by atoms with E-state index in [1.165, 1.54) is 0 Å². The highest BCUT2D eigenvalue weighted by atomic mass is 19.4. The SMILES string of the molecule is N#Cc1c(C(F)(F)F)cc(N2CCN(CCO)CC2)nc1N1CCC[C@H](CO)C1. The summed E-state index contributed by atoms with van der Waals surface area (Å²) in [4.78, 5) is 10.0. The summed E-state index contributed by atoms with van der Waals surface area (Å²) < 4.78 is 41.2. The van der Waals surface area contributed by atoms with Crippen LogP contribution in [0.3, 0.4) is 0 Å². The Labute approximate surface area is 168 Å². The average Bonchev–Trinajstić information content (AvgIpc) is 2.73. The van der Waals surface area contributed by atoms with E-state index in [-0.39, 0.29) is 30.8 Å². The lowest BCUT2D eigenvalue weighted by Crippen LogP contribution is -2.47. The third kappa shape index (κ3) is 4.91. The lowest BCUT2D eigenvalue weighted by molar-refractivity contribution is -0.137. The number of alkyl halides is 3. The number of hydrogen-bond donors (Lipinski definition) is 2. The summed E-state index contributed by atoms with van der Waals surface area (Å²) in [5.41, 5.74) is -1.43. The molecule has 2 aliphatic heterocycles. The van der Waals surface area contributed by atoms with E-state index >= 15 is 0 Å². The van der Waals surface area contributed by atoms with Gasteiger partial charge in [0.25, 0.3) is 0 Å². The van der Waals surface area contributed by atoms with Gasteiger partial charge in [-0.15, -0.1) is 0 Å². The zero-order chi connectivity index (χ0) is 21.0. The van der Waals surface area contributed by atoms with Crippen molar-refractivity contribution < 1.29 is 23.4 Å². The standard InChI is InChI=1S/C19H26F3N5O2/c20-19(21,22)16-10-17(26-6-4-25(5-7-26)8-9-28)24-18(15(16)11-23)27-3-1-2-14(12-27)13-29/h10,14,28-29H,1-9,12-13H2/t14-/m0/s1. The van der Waals surface area contributed by atoms with Crippen molar-refractivity contribution in [3.8, 4) is 6.07 Å². The van der Waals surface area contributed by atoms with Gasteiger partial charge in [-0.2, -0.15) is 18.4 Å². The molecule has 0 spiro atoms. The Hall–Kier alpha value is -2.09. The molecule has 2 aliphatic rings. The van der Waals surface area contributed by atoms with Crippen molar-refractivity contribution in [2.45, 2.75) is 19.0 Å². The summed E-state index contributed by atoms with van der Waals surface area (Å²) in [5.74, 6) is 0.214. The number of halogens is 3. The Morgan fingerprint density at radius 2 is 1.86 bits per heavy atom. The second-order valence-corrected chi connectivity index (χ2v) is 7.53. The van der Waals surface area contributed by atoms with Crippen molar-refractivity contribution in [2.24, 2.45) is 5.92 Å². The van der Waals surface area contributed by atoms with Crippen LogP contribution in [0.2, 0.25) is 0 Å². The molecule has 3 rings (SSSR count). The quantitative estimate of drug-likeness (QED) is 0.752. The Kier molecular flexibility index (Phi) is 6.82. The molecule has 2 fully saturated rings. The molecular formula is C19H26F3N5O2. The second kappa shape index (κ2) is 9.15. The number of aromatic nitrogens is 1. The summed E-state index contributed by atoms with van der Waals surface area (Å²) in [7, 11) is 0. The minimum Gasteiger partial charge on any atom is -0.396 e. The van der Waals surface area contributed by atoms with Crippen LogP contribution in [-0.4, -0.2) is 79.1 Å². The zero-order valence-corrected chi connectivity index (χ0v) is 16.2. The summed E-state index contributed by atoms with van der Waals surface area (Å²) in [5, 5.41) is 28.0. The van der Waals surface area contributed by atoms with Gasteiger partial charge < -0.3 is 20.0 Å². The highest BCUT2D eigenvalue weighted by Crippen LogP contribution is 2.38. The van der Waals surface area contributed by atoms with Gasteiger partial charge in [-0.3, -0.25) is 4.90 Å². The molecule has 2 N–H and O–H groups in total. The van der Waals surface area contributed by atoms with Crippen molar-refractivity contribution in [1.29, 1.82) is 5.26 Å². The summed E-state index contributed by atoms with van der Waals surface area (Å²) in [6.07, 6.45) is -3.14. The molecule has 29 heavy (non-hydrogen) atoms. The van der Waals surface area contributed by atoms with Gasteiger partial charge in [0.1, 0.15) is 23.3 Å². The van der Waals surface area contributed by atoms with E-state index in [0.29, 0.717) is 45.8 Å². The molecule has 0 amide bonds. The van der Waals surface area contributed by atoms with Crippen LogP contribution in [-0.2, 0) is 6.18 Å². The van der Waals surface area contributed by atoms with E-state index < -0.39 is 17.3 Å². The number of hydrogen-bond acceptors (Lipinski definition) is 7. The van der Waals surface area contributed by atoms with Gasteiger partial charge in [-0.1, -0.05) is 0 Å². The lowest BCUT2D eigenvalue weighted by atomic mass is 9.98. The van der Waals surface area contributed by atoms with E-state index in [9.17, 15) is 23.5 Å². The van der Waals surface area contributed by atoms with E-state index in [1.54, 1.807) is 15.9 Å². The largest absolute Gasteiger partial charge is 0.417 e. The molecule has 0 bridgehead atoms. The van der Waals surface area contributed by atoms with E-state index in [4.69, 9.17) is 5.11 Å². The highest BCUT2D eigenvalue weighted by molar-refractivity contribution is 5.64. The molecule has 7 nitrogen and oxygen atoms in total. The van der Waals surface area contributed by atoms with Gasteiger partial charge >= 0.3 is 6.18 Å². The number of piperazine rings is 1. The molecule has 3 heterocycles. The maximum Gasteiger partial charge on any atom is 0.417 e. The normalized spacial score (nSPS) is 21.3. The molecular weight excluding hydrogens is 387 g/mol. The molecule has 1 atom stereocenters. The number of nitriles is 1. The van der Waals surface area contributed by atoms with Gasteiger partial charge in [0.15, 0.2) is 0 Å². The predicted molar refractivity (Wildman–Crippen MR) is 102 cm³/mol. The maximum atomic E-state index is 13.7. The summed E-state index contributed by atoms with van der Waals surface area (Å²) in [6.45, 7) is 3.64. The minimum absolute atomic E-state index is 0.0401. The Balaban J connectivity index is 1.96. The van der Waals surface area contributed by atoms with Crippen molar-refractivity contribution in [3.05, 3.63) is 17.2 Å². The summed E-state index contributed by atoms with van der Waals surface area (Å²) >= 11 is 0. The van der Waals surface area contributed by atoms with Gasteiger partial charge in [0, 0.05) is 52.4 Å². The number of nitrogens with zero attached hydrogens (tertiary/aromatic N) is 5. The molecule has 1 aromatic heterocycles. The van der Waals surface area contributed by atoms with Crippen molar-refractivity contribution in [2.75, 3.05) is 68.8 Å². The summed E-state index contributed by atoms with van der Waals surface area (Å²) in [6, 6.07) is 2.68. The van der Waals surface area contributed by atoms with E-state index in [2.05, 4.69) is 4.98 Å². The molecule has 0 unspecified atom stereocenters. The number of aliphatic hydroxyl groups is 2. The number of anilines is 2. The molecule has 10 heteroatoms. The van der Waals surface area contributed by atoms with Crippen LogP contribution in [0, 0.1) is 17.2 Å². The van der Waals surface area contributed by atoms with E-state index in [1.807, 2.05) is 4.90 Å². The first-order chi connectivity index (χ1) is 13.9. The monoisotopic (exact) mass is 413 g/mol. The van der Waals surface area contributed by atoms with Crippen LogP contribution in [0.15, 0.2) is 6.07 Å². The maximum absolute atomic E-state index is 13.7. The molecule has 1 aromatic rings. The molecule has 0 aromatic carbocycles. The molecule has 0 saturated carbocycles. The first kappa shape index (κ1) is 21.6. The molecule has 0 radical (unpaired) electrons. The van der Waals surface area contributed by atoms with Gasteiger partial charge in [0.05, 0.1) is 12.2 Å².